The van der Waals surface area contributed by atoms with Crippen molar-refractivity contribution in [2.24, 2.45) is 5.92 Å². The van der Waals surface area contributed by atoms with Gasteiger partial charge in [-0.05, 0) is 49.3 Å². The minimum Gasteiger partial charge on any atom is -0.508 e. The molecule has 0 heterocycles. The second kappa shape index (κ2) is 5.72. The van der Waals surface area contributed by atoms with E-state index in [1.807, 2.05) is 12.1 Å². The monoisotopic (exact) mass is 249 g/mol. The average molecular weight is 249 g/mol. The Bertz CT molecular complexity index is 367. The molecule has 0 bridgehead atoms. The third-order valence-corrected chi connectivity index (χ3v) is 4.14. The first-order chi connectivity index (χ1) is 8.63. The van der Waals surface area contributed by atoms with Gasteiger partial charge in [0.15, 0.2) is 0 Å². The molecule has 0 amide bonds. The molecule has 1 saturated carbocycles. The highest BCUT2D eigenvalue weighted by Crippen LogP contribution is 2.31. The second-order valence-electron chi connectivity index (χ2n) is 5.64. The van der Waals surface area contributed by atoms with Crippen LogP contribution in [0.3, 0.4) is 0 Å². The number of rotatable bonds is 4. The summed E-state index contributed by atoms with van der Waals surface area (Å²) >= 11 is 0. The molecule has 3 heteroatoms. The summed E-state index contributed by atoms with van der Waals surface area (Å²) in [5.74, 6) is 1.07. The predicted octanol–water partition coefficient (Wildman–Crippen LogP) is 2.42. The van der Waals surface area contributed by atoms with Crippen molar-refractivity contribution in [3.63, 3.8) is 0 Å². The molecular weight excluding hydrogens is 226 g/mol. The van der Waals surface area contributed by atoms with E-state index >= 15 is 0 Å². The van der Waals surface area contributed by atoms with Crippen LogP contribution in [-0.2, 0) is 6.54 Å². The maximum atomic E-state index is 9.65. The zero-order chi connectivity index (χ0) is 13.0. The molecule has 1 aromatic carbocycles. The van der Waals surface area contributed by atoms with Crippen molar-refractivity contribution in [3.05, 3.63) is 29.8 Å². The van der Waals surface area contributed by atoms with Gasteiger partial charge in [-0.3, -0.25) is 0 Å². The number of nitrogens with one attached hydrogen (secondary N) is 1. The smallest absolute Gasteiger partial charge is 0.115 e. The van der Waals surface area contributed by atoms with Crippen molar-refractivity contribution >= 4 is 0 Å². The van der Waals surface area contributed by atoms with E-state index < -0.39 is 0 Å². The topological polar surface area (TPSA) is 52.5 Å². The molecule has 18 heavy (non-hydrogen) atoms. The van der Waals surface area contributed by atoms with Crippen LogP contribution in [0.5, 0.6) is 5.75 Å². The summed E-state index contributed by atoms with van der Waals surface area (Å²) in [6.45, 7) is 3.23. The summed E-state index contributed by atoms with van der Waals surface area (Å²) in [7, 11) is 0. The number of benzene rings is 1. The van der Waals surface area contributed by atoms with Crippen molar-refractivity contribution in [2.45, 2.75) is 44.7 Å². The Morgan fingerprint density at radius 3 is 2.39 bits per heavy atom. The molecule has 3 nitrogen and oxygen atoms in total. The lowest BCUT2D eigenvalue weighted by Crippen LogP contribution is -2.50. The van der Waals surface area contributed by atoms with Crippen LogP contribution in [0.2, 0.25) is 0 Å². The molecule has 1 aliphatic carbocycles. The first-order valence-corrected chi connectivity index (χ1v) is 6.77. The normalized spacial score (nSPS) is 28.2. The fourth-order valence-corrected chi connectivity index (χ4v) is 2.61. The quantitative estimate of drug-likeness (QED) is 0.768. The zero-order valence-corrected chi connectivity index (χ0v) is 11.0. The lowest BCUT2D eigenvalue weighted by molar-refractivity contribution is 0.104. The van der Waals surface area contributed by atoms with Crippen molar-refractivity contribution in [1.82, 2.24) is 5.32 Å². The number of phenolic OH excluding ortho intramolecular Hbond substituents is 1. The van der Waals surface area contributed by atoms with E-state index in [4.69, 9.17) is 0 Å². The Morgan fingerprint density at radius 2 is 1.83 bits per heavy atom. The Labute approximate surface area is 109 Å². The fraction of sp³-hybridized carbons (Fsp3) is 0.600. The van der Waals surface area contributed by atoms with Crippen LogP contribution in [0.15, 0.2) is 24.3 Å². The van der Waals surface area contributed by atoms with Gasteiger partial charge in [-0.1, -0.05) is 19.1 Å². The molecule has 0 aliphatic heterocycles. The van der Waals surface area contributed by atoms with E-state index in [1.54, 1.807) is 12.1 Å². The molecule has 0 spiro atoms. The van der Waals surface area contributed by atoms with Gasteiger partial charge in [0.2, 0.25) is 0 Å². The van der Waals surface area contributed by atoms with E-state index in [9.17, 15) is 10.2 Å². The molecule has 1 fully saturated rings. The van der Waals surface area contributed by atoms with E-state index in [-0.39, 0.29) is 12.1 Å². The average Bonchev–Trinajstić information content (AvgIpc) is 2.41. The lowest BCUT2D eigenvalue weighted by Gasteiger charge is -2.39. The van der Waals surface area contributed by atoms with Crippen LogP contribution in [-0.4, -0.2) is 22.4 Å². The maximum absolute atomic E-state index is 9.65. The van der Waals surface area contributed by atoms with Crippen molar-refractivity contribution in [3.8, 4) is 5.75 Å². The number of aliphatic hydroxyl groups is 1. The molecule has 0 unspecified atom stereocenters. The molecule has 3 N–H and O–H groups in total. The van der Waals surface area contributed by atoms with Crippen LogP contribution in [0.1, 0.15) is 38.2 Å². The molecule has 1 aliphatic rings. The molecule has 1 aromatic rings. The summed E-state index contributed by atoms with van der Waals surface area (Å²) in [6, 6.07) is 7.23. The van der Waals surface area contributed by atoms with E-state index in [2.05, 4.69) is 12.2 Å². The number of aliphatic hydroxyl groups excluding tert-OH is 1. The predicted molar refractivity (Wildman–Crippen MR) is 72.4 cm³/mol. The molecule has 0 radical (unpaired) electrons. The summed E-state index contributed by atoms with van der Waals surface area (Å²) in [5, 5.41) is 22.4. The van der Waals surface area contributed by atoms with Crippen molar-refractivity contribution < 1.29 is 10.2 Å². The van der Waals surface area contributed by atoms with Crippen LogP contribution in [0, 0.1) is 5.92 Å². The highest BCUT2D eigenvalue weighted by Gasteiger charge is 2.32. The highest BCUT2D eigenvalue weighted by molar-refractivity contribution is 5.25. The molecule has 0 aromatic heterocycles. The van der Waals surface area contributed by atoms with Gasteiger partial charge in [0.05, 0.1) is 6.61 Å². The fourth-order valence-electron chi connectivity index (χ4n) is 2.61. The van der Waals surface area contributed by atoms with E-state index in [0.29, 0.717) is 5.75 Å². The Kier molecular flexibility index (Phi) is 4.25. The van der Waals surface area contributed by atoms with Gasteiger partial charge in [0.1, 0.15) is 5.75 Å². The van der Waals surface area contributed by atoms with E-state index in [1.165, 1.54) is 12.8 Å². The summed E-state index contributed by atoms with van der Waals surface area (Å²) in [4.78, 5) is 0. The Balaban J connectivity index is 1.92. The standard InChI is InChI=1S/C15H23NO2/c1-12-6-8-15(11-17,9-7-12)16-10-13-2-4-14(18)5-3-13/h2-5,12,16-18H,6-11H2,1H3. The van der Waals surface area contributed by atoms with Gasteiger partial charge in [0, 0.05) is 12.1 Å². The first-order valence-electron chi connectivity index (χ1n) is 6.77. The number of hydrogen-bond acceptors (Lipinski definition) is 3. The van der Waals surface area contributed by atoms with Crippen LogP contribution in [0.4, 0.5) is 0 Å². The largest absolute Gasteiger partial charge is 0.508 e. The third kappa shape index (κ3) is 3.24. The van der Waals surface area contributed by atoms with Gasteiger partial charge < -0.3 is 15.5 Å². The Hall–Kier alpha value is -1.06. The highest BCUT2D eigenvalue weighted by atomic mass is 16.3. The number of aromatic hydroxyl groups is 1. The zero-order valence-electron chi connectivity index (χ0n) is 11.0. The van der Waals surface area contributed by atoms with Crippen LogP contribution >= 0.6 is 0 Å². The first kappa shape index (κ1) is 13.4. The van der Waals surface area contributed by atoms with Crippen LogP contribution < -0.4 is 5.32 Å². The molecule has 0 saturated heterocycles. The van der Waals surface area contributed by atoms with Gasteiger partial charge in [0.25, 0.3) is 0 Å². The van der Waals surface area contributed by atoms with E-state index in [0.717, 1.165) is 30.9 Å². The summed E-state index contributed by atoms with van der Waals surface area (Å²) in [6.07, 6.45) is 4.46. The van der Waals surface area contributed by atoms with Gasteiger partial charge >= 0.3 is 0 Å². The SMILES string of the molecule is CC1CCC(CO)(NCc2ccc(O)cc2)CC1. The van der Waals surface area contributed by atoms with Gasteiger partial charge in [-0.15, -0.1) is 0 Å². The number of hydrogen-bond donors (Lipinski definition) is 3. The third-order valence-electron chi connectivity index (χ3n) is 4.14. The molecule has 0 atom stereocenters. The molecule has 2 rings (SSSR count). The van der Waals surface area contributed by atoms with Gasteiger partial charge in [-0.2, -0.15) is 0 Å². The molecule has 100 valence electrons. The summed E-state index contributed by atoms with van der Waals surface area (Å²) in [5.41, 5.74) is 1.03. The van der Waals surface area contributed by atoms with Crippen molar-refractivity contribution in [1.29, 1.82) is 0 Å². The molecular formula is C15H23NO2. The summed E-state index contributed by atoms with van der Waals surface area (Å²) < 4.78 is 0. The minimum atomic E-state index is -0.107. The Morgan fingerprint density at radius 1 is 1.22 bits per heavy atom. The number of phenols is 1. The minimum absolute atomic E-state index is 0.107. The lowest BCUT2D eigenvalue weighted by atomic mass is 9.77. The maximum Gasteiger partial charge on any atom is 0.115 e. The van der Waals surface area contributed by atoms with Gasteiger partial charge in [-0.25, -0.2) is 0 Å². The van der Waals surface area contributed by atoms with Crippen molar-refractivity contribution in [2.75, 3.05) is 6.61 Å². The van der Waals surface area contributed by atoms with Crippen LogP contribution in [0.25, 0.3) is 0 Å². The second-order valence-corrected chi connectivity index (χ2v) is 5.64.